The zero-order valence-corrected chi connectivity index (χ0v) is 16.6. The van der Waals surface area contributed by atoms with E-state index in [2.05, 4.69) is 0 Å². The standard InChI is InChI=1S/C21H20O11/c1-29-13-4-8(2-3-10(13)23)19-20(32-21-18(28)16(26)12(25)7-30-21)17(27)15-11(24)5-9(22)6-14(15)31-19/h2-6,12,16,18,21-26,28H,7H2,1H3/t12-,16?,18-,21+/m1/s1. The molecule has 11 heteroatoms. The van der Waals surface area contributed by atoms with Gasteiger partial charge in [-0.25, -0.2) is 0 Å². The Bertz CT molecular complexity index is 1220. The van der Waals surface area contributed by atoms with Crippen molar-refractivity contribution in [1.29, 1.82) is 0 Å². The van der Waals surface area contributed by atoms with Crippen LogP contribution in [0.1, 0.15) is 0 Å². The van der Waals surface area contributed by atoms with Gasteiger partial charge < -0.3 is 49.3 Å². The third kappa shape index (κ3) is 3.67. The predicted octanol–water partition coefficient (Wildman–Crippen LogP) is 0.403. The first-order valence-corrected chi connectivity index (χ1v) is 9.44. The van der Waals surface area contributed by atoms with Gasteiger partial charge in [0.25, 0.3) is 0 Å². The zero-order chi connectivity index (χ0) is 23.2. The van der Waals surface area contributed by atoms with Crippen LogP contribution in [0.3, 0.4) is 0 Å². The summed E-state index contributed by atoms with van der Waals surface area (Å²) in [6.07, 6.45) is -6.20. The Kier molecular flexibility index (Phi) is 5.57. The SMILES string of the molecule is COc1cc(-c2oc3cc(O)cc(O)c3c(=O)c2O[C@@H]2OC[C@@H](O)C(O)[C@H]2O)ccc1O. The van der Waals surface area contributed by atoms with Crippen molar-refractivity contribution in [2.45, 2.75) is 24.6 Å². The normalized spacial score (nSPS) is 23.2. The number of aromatic hydroxyl groups is 3. The molecule has 1 aliphatic heterocycles. The molecule has 0 bridgehead atoms. The maximum absolute atomic E-state index is 13.2. The zero-order valence-electron chi connectivity index (χ0n) is 16.6. The van der Waals surface area contributed by atoms with Gasteiger partial charge in [-0.15, -0.1) is 0 Å². The second kappa shape index (κ2) is 8.20. The summed E-state index contributed by atoms with van der Waals surface area (Å²) in [5, 5.41) is 59.3. The maximum atomic E-state index is 13.2. The third-order valence-corrected chi connectivity index (χ3v) is 5.05. The van der Waals surface area contributed by atoms with E-state index in [1.807, 2.05) is 0 Å². The number of aliphatic hydroxyl groups is 3. The van der Waals surface area contributed by atoms with E-state index in [0.29, 0.717) is 0 Å². The van der Waals surface area contributed by atoms with Gasteiger partial charge in [0.15, 0.2) is 17.3 Å². The van der Waals surface area contributed by atoms with Gasteiger partial charge in [0, 0.05) is 17.7 Å². The minimum absolute atomic E-state index is 0.0578. The van der Waals surface area contributed by atoms with Gasteiger partial charge in [-0.1, -0.05) is 0 Å². The van der Waals surface area contributed by atoms with Crippen LogP contribution in [0.15, 0.2) is 39.5 Å². The highest BCUT2D eigenvalue weighted by molar-refractivity contribution is 5.88. The van der Waals surface area contributed by atoms with E-state index in [9.17, 15) is 35.4 Å². The molecule has 4 atom stereocenters. The predicted molar refractivity (Wildman–Crippen MR) is 108 cm³/mol. The number of methoxy groups -OCH3 is 1. The molecule has 1 fully saturated rings. The number of aliphatic hydroxyl groups excluding tert-OH is 3. The van der Waals surface area contributed by atoms with Gasteiger partial charge in [-0.3, -0.25) is 4.79 Å². The molecule has 0 aliphatic carbocycles. The van der Waals surface area contributed by atoms with Crippen molar-refractivity contribution in [2.75, 3.05) is 13.7 Å². The van der Waals surface area contributed by atoms with E-state index in [4.69, 9.17) is 18.6 Å². The number of benzene rings is 2. The largest absolute Gasteiger partial charge is 0.508 e. The summed E-state index contributed by atoms with van der Waals surface area (Å²) in [5.74, 6) is -1.73. The molecule has 0 amide bonds. The Hall–Kier alpha value is -3.51. The minimum atomic E-state index is -1.70. The number of hydrogen-bond donors (Lipinski definition) is 6. The van der Waals surface area contributed by atoms with E-state index in [1.54, 1.807) is 0 Å². The molecule has 0 saturated carbocycles. The molecule has 1 saturated heterocycles. The lowest BCUT2D eigenvalue weighted by Crippen LogP contribution is -2.55. The van der Waals surface area contributed by atoms with Crippen LogP contribution in [0.25, 0.3) is 22.3 Å². The summed E-state index contributed by atoms with van der Waals surface area (Å²) in [6, 6.07) is 6.10. The van der Waals surface area contributed by atoms with Crippen molar-refractivity contribution < 1.29 is 49.3 Å². The van der Waals surface area contributed by atoms with Crippen molar-refractivity contribution in [3.05, 3.63) is 40.6 Å². The lowest BCUT2D eigenvalue weighted by atomic mass is 10.1. The fraction of sp³-hybridized carbons (Fsp3) is 0.286. The van der Waals surface area contributed by atoms with Crippen LogP contribution in [0.5, 0.6) is 28.7 Å². The van der Waals surface area contributed by atoms with Gasteiger partial charge in [-0.2, -0.15) is 0 Å². The topological polar surface area (TPSA) is 179 Å². The third-order valence-electron chi connectivity index (χ3n) is 5.05. The smallest absolute Gasteiger partial charge is 0.239 e. The summed E-state index contributed by atoms with van der Waals surface area (Å²) in [4.78, 5) is 13.2. The highest BCUT2D eigenvalue weighted by Gasteiger charge is 2.40. The summed E-state index contributed by atoms with van der Waals surface area (Å²) >= 11 is 0. The first-order chi connectivity index (χ1) is 15.2. The summed E-state index contributed by atoms with van der Waals surface area (Å²) < 4.78 is 21.6. The first kappa shape index (κ1) is 21.7. The van der Waals surface area contributed by atoms with Crippen molar-refractivity contribution in [1.82, 2.24) is 0 Å². The van der Waals surface area contributed by atoms with E-state index in [1.165, 1.54) is 25.3 Å². The highest BCUT2D eigenvalue weighted by Crippen LogP contribution is 2.39. The Balaban J connectivity index is 1.92. The Morgan fingerprint density at radius 2 is 1.75 bits per heavy atom. The number of phenolic OH excluding ortho intramolecular Hbond substituents is 3. The minimum Gasteiger partial charge on any atom is -0.508 e. The molecule has 1 aromatic heterocycles. The average Bonchev–Trinajstić information content (AvgIpc) is 2.75. The molecule has 0 spiro atoms. The molecule has 2 heterocycles. The fourth-order valence-electron chi connectivity index (χ4n) is 3.38. The molecule has 1 unspecified atom stereocenters. The second-order valence-electron chi connectivity index (χ2n) is 7.18. The molecule has 3 aromatic rings. The monoisotopic (exact) mass is 448 g/mol. The average molecular weight is 448 g/mol. The van der Waals surface area contributed by atoms with Gasteiger partial charge >= 0.3 is 0 Å². The molecule has 170 valence electrons. The van der Waals surface area contributed by atoms with Crippen molar-refractivity contribution in [2.24, 2.45) is 0 Å². The lowest BCUT2D eigenvalue weighted by Gasteiger charge is -2.34. The number of ether oxygens (including phenoxy) is 3. The van der Waals surface area contributed by atoms with Crippen LogP contribution >= 0.6 is 0 Å². The molecule has 32 heavy (non-hydrogen) atoms. The lowest BCUT2D eigenvalue weighted by molar-refractivity contribution is -0.242. The molecule has 1 aliphatic rings. The molecule has 11 nitrogen and oxygen atoms in total. The Morgan fingerprint density at radius 1 is 1.00 bits per heavy atom. The Labute approximate surface area is 179 Å². The fourth-order valence-corrected chi connectivity index (χ4v) is 3.38. The maximum Gasteiger partial charge on any atom is 0.239 e. The number of fused-ring (bicyclic) bond motifs is 1. The van der Waals surface area contributed by atoms with Crippen LogP contribution in [0.4, 0.5) is 0 Å². The molecule has 6 N–H and O–H groups in total. The summed E-state index contributed by atoms with van der Waals surface area (Å²) in [5.41, 5.74) is -0.813. The van der Waals surface area contributed by atoms with Crippen LogP contribution in [0, 0.1) is 0 Å². The number of hydrogen-bond acceptors (Lipinski definition) is 11. The first-order valence-electron chi connectivity index (χ1n) is 9.44. The van der Waals surface area contributed by atoms with Crippen LogP contribution in [-0.2, 0) is 4.74 Å². The molecular weight excluding hydrogens is 428 g/mol. The van der Waals surface area contributed by atoms with Gasteiger partial charge in [0.05, 0.1) is 13.7 Å². The van der Waals surface area contributed by atoms with Gasteiger partial charge in [0.2, 0.25) is 17.5 Å². The van der Waals surface area contributed by atoms with Gasteiger partial charge in [-0.05, 0) is 18.2 Å². The van der Waals surface area contributed by atoms with Crippen LogP contribution < -0.4 is 14.9 Å². The van der Waals surface area contributed by atoms with E-state index in [0.717, 1.165) is 12.1 Å². The molecule has 0 radical (unpaired) electrons. The summed E-state index contributed by atoms with van der Waals surface area (Å²) in [6.45, 7) is -0.372. The highest BCUT2D eigenvalue weighted by atomic mass is 16.7. The molecule has 4 rings (SSSR count). The number of phenols is 3. The molecular formula is C21H20O11. The Morgan fingerprint density at radius 3 is 2.47 bits per heavy atom. The quantitative estimate of drug-likeness (QED) is 0.325. The van der Waals surface area contributed by atoms with Crippen molar-refractivity contribution in [3.8, 4) is 40.1 Å². The van der Waals surface area contributed by atoms with Crippen molar-refractivity contribution >= 4 is 11.0 Å². The van der Waals surface area contributed by atoms with E-state index in [-0.39, 0.29) is 46.1 Å². The van der Waals surface area contributed by atoms with Crippen LogP contribution in [-0.4, -0.2) is 69.0 Å². The van der Waals surface area contributed by atoms with Gasteiger partial charge in [0.1, 0.15) is 40.8 Å². The molecule has 2 aromatic carbocycles. The second-order valence-corrected chi connectivity index (χ2v) is 7.18. The summed E-state index contributed by atoms with van der Waals surface area (Å²) in [7, 11) is 1.32. The van der Waals surface area contributed by atoms with E-state index >= 15 is 0 Å². The van der Waals surface area contributed by atoms with Crippen LogP contribution in [0.2, 0.25) is 0 Å². The van der Waals surface area contributed by atoms with Crippen molar-refractivity contribution in [3.63, 3.8) is 0 Å². The number of rotatable bonds is 4. The van der Waals surface area contributed by atoms with E-state index < -0.39 is 41.5 Å².